The Morgan fingerprint density at radius 2 is 1.91 bits per heavy atom. The normalized spacial score (nSPS) is 21.4. The lowest BCUT2D eigenvalue weighted by Crippen LogP contribution is -2.59. The van der Waals surface area contributed by atoms with E-state index in [0.29, 0.717) is 0 Å². The summed E-state index contributed by atoms with van der Waals surface area (Å²) in [5, 5.41) is 0. The Hall–Kier alpha value is -0.570. The van der Waals surface area contributed by atoms with Crippen LogP contribution in [0.5, 0.6) is 0 Å². The van der Waals surface area contributed by atoms with Gasteiger partial charge in [-0.15, -0.1) is 0 Å². The highest BCUT2D eigenvalue weighted by Gasteiger charge is 2.36. The van der Waals surface area contributed by atoms with Crippen molar-refractivity contribution in [2.24, 2.45) is 11.7 Å². The Kier molecular flexibility index (Phi) is 1.92. The van der Waals surface area contributed by atoms with E-state index < -0.39 is 0 Å². The summed E-state index contributed by atoms with van der Waals surface area (Å²) in [4.78, 5) is 12.9. The summed E-state index contributed by atoms with van der Waals surface area (Å²) in [7, 11) is 0. The molecule has 0 bridgehead atoms. The molecule has 3 heteroatoms. The Morgan fingerprint density at radius 1 is 1.45 bits per heavy atom. The van der Waals surface area contributed by atoms with Gasteiger partial charge in [0.15, 0.2) is 0 Å². The minimum Gasteiger partial charge on any atom is -0.369 e. The van der Waals surface area contributed by atoms with Gasteiger partial charge in [0.05, 0.1) is 5.92 Å². The van der Waals surface area contributed by atoms with E-state index in [4.69, 9.17) is 5.73 Å². The number of amides is 1. The molecule has 1 aliphatic heterocycles. The molecule has 0 aromatic carbocycles. The molecule has 1 aliphatic rings. The van der Waals surface area contributed by atoms with Crippen molar-refractivity contribution in [3.8, 4) is 0 Å². The van der Waals surface area contributed by atoms with Crippen LogP contribution in [0.3, 0.4) is 0 Å². The van der Waals surface area contributed by atoms with Crippen LogP contribution in [-0.2, 0) is 4.79 Å². The smallest absolute Gasteiger partial charge is 0.223 e. The third-order valence-electron chi connectivity index (χ3n) is 2.23. The summed E-state index contributed by atoms with van der Waals surface area (Å²) in [6.07, 6.45) is 0. The molecule has 1 fully saturated rings. The van der Waals surface area contributed by atoms with E-state index in [2.05, 4.69) is 25.7 Å². The van der Waals surface area contributed by atoms with E-state index in [-0.39, 0.29) is 17.4 Å². The van der Waals surface area contributed by atoms with E-state index >= 15 is 0 Å². The minimum atomic E-state index is -0.162. The highest BCUT2D eigenvalue weighted by molar-refractivity contribution is 5.78. The molecular weight excluding hydrogens is 140 g/mol. The van der Waals surface area contributed by atoms with E-state index in [1.807, 2.05) is 0 Å². The fourth-order valence-corrected chi connectivity index (χ4v) is 1.21. The Bertz CT molecular complexity index is 165. The van der Waals surface area contributed by atoms with Gasteiger partial charge in [0, 0.05) is 18.6 Å². The van der Waals surface area contributed by atoms with Gasteiger partial charge in [-0.25, -0.2) is 0 Å². The number of nitrogens with two attached hydrogens (primary N) is 1. The van der Waals surface area contributed by atoms with Gasteiger partial charge in [0.1, 0.15) is 0 Å². The van der Waals surface area contributed by atoms with Crippen LogP contribution in [0.25, 0.3) is 0 Å². The third kappa shape index (κ3) is 1.71. The first-order chi connectivity index (χ1) is 4.91. The molecule has 11 heavy (non-hydrogen) atoms. The van der Waals surface area contributed by atoms with Crippen LogP contribution in [0.1, 0.15) is 20.8 Å². The van der Waals surface area contributed by atoms with Crippen LogP contribution in [0, 0.1) is 5.92 Å². The highest BCUT2D eigenvalue weighted by Crippen LogP contribution is 2.24. The topological polar surface area (TPSA) is 46.3 Å². The van der Waals surface area contributed by atoms with Crippen molar-refractivity contribution in [1.29, 1.82) is 0 Å². The van der Waals surface area contributed by atoms with Crippen LogP contribution in [0.2, 0.25) is 0 Å². The molecule has 0 unspecified atom stereocenters. The largest absolute Gasteiger partial charge is 0.369 e. The highest BCUT2D eigenvalue weighted by atomic mass is 16.1. The first-order valence-corrected chi connectivity index (χ1v) is 3.95. The lowest BCUT2D eigenvalue weighted by molar-refractivity contribution is -0.129. The number of nitrogens with zero attached hydrogens (tertiary/aromatic N) is 1. The molecule has 0 atom stereocenters. The van der Waals surface area contributed by atoms with Gasteiger partial charge in [0.2, 0.25) is 5.91 Å². The zero-order valence-electron chi connectivity index (χ0n) is 7.42. The molecule has 1 amide bonds. The monoisotopic (exact) mass is 156 g/mol. The molecule has 0 aromatic heterocycles. The zero-order chi connectivity index (χ0) is 8.65. The van der Waals surface area contributed by atoms with Crippen LogP contribution < -0.4 is 5.73 Å². The molecule has 0 aromatic rings. The molecule has 0 spiro atoms. The molecule has 2 N–H and O–H groups in total. The lowest BCUT2D eigenvalue weighted by Gasteiger charge is -2.46. The summed E-state index contributed by atoms with van der Waals surface area (Å²) < 4.78 is 0. The second-order valence-corrected chi connectivity index (χ2v) is 4.18. The van der Waals surface area contributed by atoms with E-state index in [9.17, 15) is 4.79 Å². The molecule has 64 valence electrons. The number of hydrogen-bond acceptors (Lipinski definition) is 2. The first-order valence-electron chi connectivity index (χ1n) is 3.95. The van der Waals surface area contributed by atoms with Gasteiger partial charge < -0.3 is 5.73 Å². The molecule has 0 aliphatic carbocycles. The summed E-state index contributed by atoms with van der Waals surface area (Å²) in [5.74, 6) is -0.0697. The van der Waals surface area contributed by atoms with Crippen molar-refractivity contribution in [3.63, 3.8) is 0 Å². The molecular formula is C8H16N2O. The van der Waals surface area contributed by atoms with Gasteiger partial charge >= 0.3 is 0 Å². The van der Waals surface area contributed by atoms with Crippen molar-refractivity contribution in [2.45, 2.75) is 26.3 Å². The Morgan fingerprint density at radius 3 is 2.18 bits per heavy atom. The van der Waals surface area contributed by atoms with Gasteiger partial charge in [-0.1, -0.05) is 0 Å². The number of rotatable bonds is 1. The second-order valence-electron chi connectivity index (χ2n) is 4.18. The molecule has 1 heterocycles. The number of likely N-dealkylation sites (tertiary alicyclic amines) is 1. The fraction of sp³-hybridized carbons (Fsp3) is 0.875. The summed E-state index contributed by atoms with van der Waals surface area (Å²) in [6.45, 7) is 8.09. The van der Waals surface area contributed by atoms with Crippen molar-refractivity contribution in [2.75, 3.05) is 13.1 Å². The lowest BCUT2D eigenvalue weighted by atomic mass is 9.92. The summed E-state index contributed by atoms with van der Waals surface area (Å²) >= 11 is 0. The first kappa shape index (κ1) is 8.53. The minimum absolute atomic E-state index is 0.0919. The average molecular weight is 156 g/mol. The fourth-order valence-electron chi connectivity index (χ4n) is 1.21. The van der Waals surface area contributed by atoms with Crippen LogP contribution in [-0.4, -0.2) is 29.4 Å². The molecule has 0 radical (unpaired) electrons. The van der Waals surface area contributed by atoms with Gasteiger partial charge in [0.25, 0.3) is 0 Å². The predicted octanol–water partition coefficient (Wildman–Crippen LogP) is 0.202. The standard InChI is InChI=1S/C8H16N2O/c1-8(2,3)10-4-6(5-10)7(9)11/h6H,4-5H2,1-3H3,(H2,9,11). The summed E-state index contributed by atoms with van der Waals surface area (Å²) in [5.41, 5.74) is 5.32. The number of carbonyl (C=O) groups is 1. The zero-order valence-corrected chi connectivity index (χ0v) is 7.42. The second kappa shape index (κ2) is 2.48. The van der Waals surface area contributed by atoms with Crippen molar-refractivity contribution in [3.05, 3.63) is 0 Å². The maximum Gasteiger partial charge on any atom is 0.223 e. The van der Waals surface area contributed by atoms with Crippen LogP contribution in [0.15, 0.2) is 0 Å². The van der Waals surface area contributed by atoms with E-state index in [1.165, 1.54) is 0 Å². The maximum atomic E-state index is 10.6. The van der Waals surface area contributed by atoms with Crippen molar-refractivity contribution in [1.82, 2.24) is 4.90 Å². The molecule has 1 rings (SSSR count). The van der Waals surface area contributed by atoms with E-state index in [1.54, 1.807) is 0 Å². The number of primary amides is 1. The quantitative estimate of drug-likeness (QED) is 0.589. The van der Waals surface area contributed by atoms with Crippen LogP contribution >= 0.6 is 0 Å². The summed E-state index contributed by atoms with van der Waals surface area (Å²) in [6, 6.07) is 0. The molecule has 1 saturated heterocycles. The van der Waals surface area contributed by atoms with Gasteiger partial charge in [-0.05, 0) is 20.8 Å². The molecule has 0 saturated carbocycles. The van der Waals surface area contributed by atoms with E-state index in [0.717, 1.165) is 13.1 Å². The SMILES string of the molecule is CC(C)(C)N1CC(C(N)=O)C1. The third-order valence-corrected chi connectivity index (χ3v) is 2.23. The number of carbonyl (C=O) groups excluding carboxylic acids is 1. The van der Waals surface area contributed by atoms with Crippen LogP contribution in [0.4, 0.5) is 0 Å². The Labute approximate surface area is 67.5 Å². The maximum absolute atomic E-state index is 10.6. The molecule has 3 nitrogen and oxygen atoms in total. The Balaban J connectivity index is 2.35. The van der Waals surface area contributed by atoms with Gasteiger partial charge in [-0.3, -0.25) is 9.69 Å². The predicted molar refractivity (Wildman–Crippen MR) is 44.0 cm³/mol. The van der Waals surface area contributed by atoms with Gasteiger partial charge in [-0.2, -0.15) is 0 Å². The average Bonchev–Trinajstić information content (AvgIpc) is 1.51. The number of hydrogen-bond donors (Lipinski definition) is 1. The van der Waals surface area contributed by atoms with Crippen molar-refractivity contribution < 1.29 is 4.79 Å². The van der Waals surface area contributed by atoms with Crippen molar-refractivity contribution >= 4 is 5.91 Å².